The van der Waals surface area contributed by atoms with E-state index >= 15 is 0 Å². The fourth-order valence-electron chi connectivity index (χ4n) is 1.54. The molecule has 0 atom stereocenters. The monoisotopic (exact) mass is 179 g/mol. The van der Waals surface area contributed by atoms with Crippen LogP contribution in [-0.2, 0) is 10.2 Å². The van der Waals surface area contributed by atoms with Crippen LogP contribution < -0.4 is 5.32 Å². The highest BCUT2D eigenvalue weighted by atomic mass is 19.1. The van der Waals surface area contributed by atoms with Gasteiger partial charge >= 0.3 is 0 Å². The Bertz CT molecular complexity index is 385. The zero-order chi connectivity index (χ0) is 9.64. The van der Waals surface area contributed by atoms with E-state index in [1.165, 1.54) is 12.1 Å². The lowest BCUT2D eigenvalue weighted by Gasteiger charge is -2.14. The predicted molar refractivity (Wildman–Crippen MR) is 48.1 cm³/mol. The molecular formula is C10H10FNO. The third-order valence-corrected chi connectivity index (χ3v) is 2.47. The van der Waals surface area contributed by atoms with Crippen LogP contribution in [0.3, 0.4) is 0 Å². The molecule has 0 saturated carbocycles. The number of hydrogen-bond donors (Lipinski definition) is 1. The molecule has 68 valence electrons. The molecule has 2 rings (SSSR count). The van der Waals surface area contributed by atoms with Gasteiger partial charge in [-0.05, 0) is 37.6 Å². The third-order valence-electron chi connectivity index (χ3n) is 2.47. The third kappa shape index (κ3) is 1.03. The highest BCUT2D eigenvalue weighted by Gasteiger charge is 2.38. The van der Waals surface area contributed by atoms with Gasteiger partial charge in [0.2, 0.25) is 5.91 Å². The molecular weight excluding hydrogens is 169 g/mol. The number of carbonyl (C=O) groups excluding carboxylic acids is 1. The lowest BCUT2D eigenvalue weighted by molar-refractivity contribution is -0.119. The van der Waals surface area contributed by atoms with Crippen molar-refractivity contribution >= 4 is 11.6 Å². The summed E-state index contributed by atoms with van der Waals surface area (Å²) in [4.78, 5) is 11.4. The van der Waals surface area contributed by atoms with E-state index in [4.69, 9.17) is 0 Å². The van der Waals surface area contributed by atoms with E-state index in [-0.39, 0.29) is 11.7 Å². The molecule has 1 aromatic rings. The van der Waals surface area contributed by atoms with Crippen molar-refractivity contribution in [3.63, 3.8) is 0 Å². The Morgan fingerprint density at radius 1 is 1.38 bits per heavy atom. The number of nitrogens with one attached hydrogen (secondary N) is 1. The van der Waals surface area contributed by atoms with Crippen LogP contribution in [0.25, 0.3) is 0 Å². The van der Waals surface area contributed by atoms with Crippen molar-refractivity contribution in [1.29, 1.82) is 0 Å². The number of halogens is 1. The van der Waals surface area contributed by atoms with Crippen LogP contribution in [0.1, 0.15) is 19.4 Å². The van der Waals surface area contributed by atoms with Crippen LogP contribution in [-0.4, -0.2) is 5.91 Å². The van der Waals surface area contributed by atoms with Crippen molar-refractivity contribution in [1.82, 2.24) is 0 Å². The summed E-state index contributed by atoms with van der Waals surface area (Å²) in [6.45, 7) is 3.57. The lowest BCUT2D eigenvalue weighted by Crippen LogP contribution is -2.26. The highest BCUT2D eigenvalue weighted by Crippen LogP contribution is 2.37. The summed E-state index contributed by atoms with van der Waals surface area (Å²) >= 11 is 0. The second-order valence-corrected chi connectivity index (χ2v) is 3.77. The number of carbonyl (C=O) groups is 1. The summed E-state index contributed by atoms with van der Waals surface area (Å²) in [6, 6.07) is 4.35. The van der Waals surface area contributed by atoms with Gasteiger partial charge in [-0.25, -0.2) is 4.39 Å². The maximum Gasteiger partial charge on any atom is 0.234 e. The van der Waals surface area contributed by atoms with Crippen LogP contribution in [0.2, 0.25) is 0 Å². The van der Waals surface area contributed by atoms with Gasteiger partial charge in [0.15, 0.2) is 0 Å². The molecule has 0 aromatic heterocycles. The first kappa shape index (κ1) is 8.23. The van der Waals surface area contributed by atoms with Crippen LogP contribution in [0.5, 0.6) is 0 Å². The van der Waals surface area contributed by atoms with Crippen molar-refractivity contribution in [2.75, 3.05) is 5.32 Å². The maximum atomic E-state index is 12.9. The first-order valence-corrected chi connectivity index (χ1v) is 4.13. The van der Waals surface area contributed by atoms with Gasteiger partial charge in [-0.1, -0.05) is 0 Å². The minimum atomic E-state index is -0.614. The lowest BCUT2D eigenvalue weighted by atomic mass is 9.86. The summed E-state index contributed by atoms with van der Waals surface area (Å²) in [7, 11) is 0. The molecule has 0 aliphatic carbocycles. The van der Waals surface area contributed by atoms with Gasteiger partial charge in [-0.2, -0.15) is 0 Å². The van der Waals surface area contributed by atoms with Crippen molar-refractivity contribution in [3.05, 3.63) is 29.6 Å². The van der Waals surface area contributed by atoms with E-state index in [1.54, 1.807) is 19.9 Å². The number of anilines is 1. The molecule has 0 fully saturated rings. The molecule has 1 aliphatic heterocycles. The largest absolute Gasteiger partial charge is 0.325 e. The van der Waals surface area contributed by atoms with Crippen LogP contribution in [0, 0.1) is 5.82 Å². The molecule has 0 spiro atoms. The van der Waals surface area contributed by atoms with Crippen molar-refractivity contribution in [3.8, 4) is 0 Å². The van der Waals surface area contributed by atoms with Crippen LogP contribution in [0.4, 0.5) is 10.1 Å². The van der Waals surface area contributed by atoms with Gasteiger partial charge in [-0.15, -0.1) is 0 Å². The molecule has 3 heteroatoms. The average Bonchev–Trinajstić information content (AvgIpc) is 2.27. The summed E-state index contributed by atoms with van der Waals surface area (Å²) in [6.07, 6.45) is 0. The van der Waals surface area contributed by atoms with Gasteiger partial charge in [0.1, 0.15) is 5.82 Å². The molecule has 1 amide bonds. The summed E-state index contributed by atoms with van der Waals surface area (Å²) in [5.41, 5.74) is 0.839. The maximum absolute atomic E-state index is 12.9. The smallest absolute Gasteiger partial charge is 0.234 e. The standard InChI is InChI=1S/C10H10FNO/c1-10(2)7-5-6(11)3-4-8(7)12-9(10)13/h3-5H,1-2H3,(H,12,13). The second-order valence-electron chi connectivity index (χ2n) is 3.77. The Balaban J connectivity index is 2.64. The Hall–Kier alpha value is -1.38. The van der Waals surface area contributed by atoms with E-state index in [2.05, 4.69) is 5.32 Å². The molecule has 0 bridgehead atoms. The summed E-state index contributed by atoms with van der Waals surface area (Å²) in [5, 5.41) is 2.71. The first-order chi connectivity index (χ1) is 6.01. The van der Waals surface area contributed by atoms with Gasteiger partial charge in [0, 0.05) is 5.69 Å². The Morgan fingerprint density at radius 2 is 2.08 bits per heavy atom. The number of benzene rings is 1. The van der Waals surface area contributed by atoms with E-state index in [0.29, 0.717) is 0 Å². The van der Waals surface area contributed by atoms with Crippen molar-refractivity contribution < 1.29 is 9.18 Å². The highest BCUT2D eigenvalue weighted by molar-refractivity contribution is 6.05. The molecule has 0 saturated heterocycles. The Morgan fingerprint density at radius 3 is 2.77 bits per heavy atom. The second kappa shape index (κ2) is 2.31. The molecule has 1 N–H and O–H groups in total. The molecule has 0 radical (unpaired) electrons. The number of fused-ring (bicyclic) bond motifs is 1. The molecule has 1 heterocycles. The molecule has 2 nitrogen and oxygen atoms in total. The van der Waals surface area contributed by atoms with Crippen molar-refractivity contribution in [2.45, 2.75) is 19.3 Å². The number of rotatable bonds is 0. The Labute approximate surface area is 75.8 Å². The fourth-order valence-corrected chi connectivity index (χ4v) is 1.54. The quantitative estimate of drug-likeness (QED) is 0.648. The van der Waals surface area contributed by atoms with E-state index in [9.17, 15) is 9.18 Å². The SMILES string of the molecule is CC1(C)C(=O)Nc2ccc(F)cc21. The summed E-state index contributed by atoms with van der Waals surface area (Å²) < 4.78 is 12.9. The van der Waals surface area contributed by atoms with Gasteiger partial charge in [0.05, 0.1) is 5.41 Å². The van der Waals surface area contributed by atoms with Gasteiger partial charge < -0.3 is 5.32 Å². The van der Waals surface area contributed by atoms with E-state index < -0.39 is 5.41 Å². The Kier molecular flexibility index (Phi) is 1.46. The van der Waals surface area contributed by atoms with Crippen molar-refractivity contribution in [2.24, 2.45) is 0 Å². The van der Waals surface area contributed by atoms with Gasteiger partial charge in [-0.3, -0.25) is 4.79 Å². The molecule has 0 unspecified atom stereocenters. The zero-order valence-corrected chi connectivity index (χ0v) is 7.52. The molecule has 1 aliphatic rings. The number of amides is 1. The fraction of sp³-hybridized carbons (Fsp3) is 0.300. The minimum Gasteiger partial charge on any atom is -0.325 e. The number of hydrogen-bond acceptors (Lipinski definition) is 1. The van der Waals surface area contributed by atoms with Crippen LogP contribution >= 0.6 is 0 Å². The average molecular weight is 179 g/mol. The zero-order valence-electron chi connectivity index (χ0n) is 7.52. The van der Waals surface area contributed by atoms with Crippen LogP contribution in [0.15, 0.2) is 18.2 Å². The van der Waals surface area contributed by atoms with E-state index in [0.717, 1.165) is 11.3 Å². The van der Waals surface area contributed by atoms with E-state index in [1.807, 2.05) is 0 Å². The first-order valence-electron chi connectivity index (χ1n) is 4.13. The molecule has 13 heavy (non-hydrogen) atoms. The summed E-state index contributed by atoms with van der Waals surface area (Å²) in [5.74, 6) is -0.378. The molecule has 1 aromatic carbocycles. The predicted octanol–water partition coefficient (Wildman–Crippen LogP) is 2.06. The minimum absolute atomic E-state index is 0.0758. The topological polar surface area (TPSA) is 29.1 Å². The van der Waals surface area contributed by atoms with Gasteiger partial charge in [0.25, 0.3) is 0 Å². The normalized spacial score (nSPS) is 18.2.